The fraction of sp³-hybridized carbons (Fsp3) is 0.519. The molecule has 2 amide bonds. The molecule has 8 heteroatoms. The van der Waals surface area contributed by atoms with Crippen LogP contribution in [0.4, 0.5) is 10.5 Å². The molecule has 4 N–H and O–H groups in total. The fourth-order valence-corrected chi connectivity index (χ4v) is 5.00. The van der Waals surface area contributed by atoms with Gasteiger partial charge < -0.3 is 30.3 Å². The lowest BCUT2D eigenvalue weighted by Crippen LogP contribution is -2.46. The number of hydrogen-bond acceptors (Lipinski definition) is 6. The summed E-state index contributed by atoms with van der Waals surface area (Å²) in [7, 11) is 0. The normalized spacial score (nSPS) is 27.0. The number of benzene rings is 2. The van der Waals surface area contributed by atoms with Crippen molar-refractivity contribution in [3.05, 3.63) is 65.2 Å². The molecule has 2 aliphatic rings. The summed E-state index contributed by atoms with van der Waals surface area (Å²) in [6.07, 6.45) is 1.15. The average molecular weight is 484 g/mol. The Morgan fingerprint density at radius 2 is 1.91 bits per heavy atom. The largest absolute Gasteiger partial charge is 0.395 e. The van der Waals surface area contributed by atoms with Gasteiger partial charge in [0.1, 0.15) is 0 Å². The maximum Gasteiger partial charge on any atom is 0.319 e. The standard InChI is InChI=1S/C27H37N3O5/c1-3-28-27(33)29-22-7-4-6-21(14-22)26-34-24(15-30-13-5-8-23(30)17-32)18(2)25(35-26)20-11-9-19(16-31)10-12-20/h4,6-7,9-12,14,18,23-26,31-32H,3,5,8,13,15-17H2,1-2H3,(H2,28,29,33). The van der Waals surface area contributed by atoms with Crippen LogP contribution in [-0.2, 0) is 16.1 Å². The summed E-state index contributed by atoms with van der Waals surface area (Å²) in [5, 5.41) is 24.8. The molecule has 4 rings (SSSR count). The lowest BCUT2D eigenvalue weighted by atomic mass is 9.90. The summed E-state index contributed by atoms with van der Waals surface area (Å²) in [6.45, 7) is 6.37. The Kier molecular flexibility index (Phi) is 8.75. The van der Waals surface area contributed by atoms with Crippen molar-refractivity contribution >= 4 is 11.7 Å². The van der Waals surface area contributed by atoms with Crippen LogP contribution in [0.15, 0.2) is 48.5 Å². The summed E-state index contributed by atoms with van der Waals surface area (Å²) in [5.41, 5.74) is 3.38. The first kappa shape index (κ1) is 25.6. The lowest BCUT2D eigenvalue weighted by molar-refractivity contribution is -0.276. The number of aliphatic hydroxyl groups is 2. The van der Waals surface area contributed by atoms with Gasteiger partial charge in [0.05, 0.1) is 25.4 Å². The van der Waals surface area contributed by atoms with E-state index in [1.807, 2.05) is 55.5 Å². The van der Waals surface area contributed by atoms with Crippen molar-refractivity contribution in [2.75, 3.05) is 31.6 Å². The lowest BCUT2D eigenvalue weighted by Gasteiger charge is -2.43. The first-order valence-corrected chi connectivity index (χ1v) is 12.5. The second kappa shape index (κ2) is 12.0. The van der Waals surface area contributed by atoms with Crippen LogP contribution in [0.25, 0.3) is 0 Å². The summed E-state index contributed by atoms with van der Waals surface area (Å²) in [5.74, 6) is 0.0720. The molecule has 2 aromatic rings. The Labute approximate surface area is 207 Å². The van der Waals surface area contributed by atoms with E-state index >= 15 is 0 Å². The Morgan fingerprint density at radius 1 is 1.11 bits per heavy atom. The number of amides is 2. The van der Waals surface area contributed by atoms with Gasteiger partial charge in [-0.25, -0.2) is 4.79 Å². The highest BCUT2D eigenvalue weighted by Gasteiger charge is 2.40. The molecule has 0 aliphatic carbocycles. The fourth-order valence-electron chi connectivity index (χ4n) is 5.00. The molecule has 8 nitrogen and oxygen atoms in total. The molecule has 2 fully saturated rings. The molecular formula is C27H37N3O5. The molecule has 5 unspecified atom stereocenters. The van der Waals surface area contributed by atoms with E-state index in [1.165, 1.54) is 0 Å². The SMILES string of the molecule is CCNC(=O)Nc1cccc(C2OC(CN3CCCC3CO)C(C)C(c3ccc(CO)cc3)O2)c1. The second-order valence-electron chi connectivity index (χ2n) is 9.41. The van der Waals surface area contributed by atoms with Crippen molar-refractivity contribution in [1.29, 1.82) is 0 Å². The van der Waals surface area contributed by atoms with E-state index in [4.69, 9.17) is 9.47 Å². The number of aliphatic hydroxyl groups excluding tert-OH is 2. The van der Waals surface area contributed by atoms with Crippen LogP contribution in [0, 0.1) is 5.92 Å². The second-order valence-corrected chi connectivity index (χ2v) is 9.41. The highest BCUT2D eigenvalue weighted by atomic mass is 16.7. The number of ether oxygens (including phenoxy) is 2. The smallest absolute Gasteiger partial charge is 0.319 e. The maximum atomic E-state index is 12.0. The van der Waals surface area contributed by atoms with Gasteiger partial charge in [0, 0.05) is 36.3 Å². The van der Waals surface area contributed by atoms with Gasteiger partial charge in [-0.05, 0) is 49.6 Å². The zero-order valence-corrected chi connectivity index (χ0v) is 20.5. The van der Waals surface area contributed by atoms with E-state index in [9.17, 15) is 15.0 Å². The number of nitrogens with one attached hydrogen (secondary N) is 2. The van der Waals surface area contributed by atoms with Crippen molar-refractivity contribution in [2.24, 2.45) is 5.92 Å². The van der Waals surface area contributed by atoms with E-state index in [0.29, 0.717) is 18.8 Å². The Hall–Kier alpha value is -2.49. The van der Waals surface area contributed by atoms with E-state index in [0.717, 1.165) is 36.1 Å². The number of carbonyl (C=O) groups excluding carboxylic acids is 1. The van der Waals surface area contributed by atoms with Crippen LogP contribution < -0.4 is 10.6 Å². The van der Waals surface area contributed by atoms with Crippen molar-refractivity contribution in [1.82, 2.24) is 10.2 Å². The van der Waals surface area contributed by atoms with Crippen LogP contribution in [0.5, 0.6) is 0 Å². The number of urea groups is 1. The van der Waals surface area contributed by atoms with Gasteiger partial charge in [-0.15, -0.1) is 0 Å². The highest BCUT2D eigenvalue weighted by molar-refractivity contribution is 5.89. The molecule has 5 atom stereocenters. The molecule has 0 bridgehead atoms. The van der Waals surface area contributed by atoms with E-state index in [-0.39, 0.29) is 43.4 Å². The minimum absolute atomic E-state index is 0.00136. The number of likely N-dealkylation sites (tertiary alicyclic amines) is 1. The van der Waals surface area contributed by atoms with Gasteiger partial charge in [-0.3, -0.25) is 4.90 Å². The molecule has 0 radical (unpaired) electrons. The van der Waals surface area contributed by atoms with Gasteiger partial charge in [-0.1, -0.05) is 43.3 Å². The van der Waals surface area contributed by atoms with Gasteiger partial charge in [0.2, 0.25) is 0 Å². The zero-order valence-electron chi connectivity index (χ0n) is 20.5. The predicted octanol–water partition coefficient (Wildman–Crippen LogP) is 3.57. The molecule has 0 saturated carbocycles. The molecule has 2 saturated heterocycles. The van der Waals surface area contributed by atoms with Crippen LogP contribution in [0.3, 0.4) is 0 Å². The van der Waals surface area contributed by atoms with Gasteiger partial charge in [-0.2, -0.15) is 0 Å². The Balaban J connectivity index is 1.59. The van der Waals surface area contributed by atoms with Crippen molar-refractivity contribution in [3.8, 4) is 0 Å². The van der Waals surface area contributed by atoms with Crippen molar-refractivity contribution in [3.63, 3.8) is 0 Å². The van der Waals surface area contributed by atoms with E-state index < -0.39 is 6.29 Å². The number of rotatable bonds is 8. The molecule has 35 heavy (non-hydrogen) atoms. The Bertz CT molecular complexity index is 970. The van der Waals surface area contributed by atoms with Crippen LogP contribution in [0.1, 0.15) is 55.8 Å². The summed E-state index contributed by atoms with van der Waals surface area (Å²) in [4.78, 5) is 14.3. The maximum absolute atomic E-state index is 12.0. The third-order valence-corrected chi connectivity index (χ3v) is 7.00. The number of carbonyl (C=O) groups is 1. The van der Waals surface area contributed by atoms with Gasteiger partial charge in [0.25, 0.3) is 0 Å². The molecule has 2 heterocycles. The molecule has 0 aromatic heterocycles. The van der Waals surface area contributed by atoms with Crippen LogP contribution in [-0.4, -0.2) is 59.5 Å². The van der Waals surface area contributed by atoms with Gasteiger partial charge >= 0.3 is 6.03 Å². The van der Waals surface area contributed by atoms with Crippen LogP contribution in [0.2, 0.25) is 0 Å². The molecule has 2 aliphatic heterocycles. The molecule has 190 valence electrons. The van der Waals surface area contributed by atoms with E-state index in [1.54, 1.807) is 0 Å². The summed E-state index contributed by atoms with van der Waals surface area (Å²) in [6, 6.07) is 15.3. The number of hydrogen-bond donors (Lipinski definition) is 4. The summed E-state index contributed by atoms with van der Waals surface area (Å²) < 4.78 is 13.0. The quantitative estimate of drug-likeness (QED) is 0.458. The zero-order chi connectivity index (χ0) is 24.8. The predicted molar refractivity (Wildman–Crippen MR) is 134 cm³/mol. The average Bonchev–Trinajstić information content (AvgIpc) is 3.33. The minimum atomic E-state index is -0.607. The molecular weight excluding hydrogens is 446 g/mol. The van der Waals surface area contributed by atoms with Crippen molar-refractivity contribution in [2.45, 2.75) is 57.8 Å². The highest BCUT2D eigenvalue weighted by Crippen LogP contribution is 2.42. The first-order chi connectivity index (χ1) is 17.0. The third kappa shape index (κ3) is 6.20. The summed E-state index contributed by atoms with van der Waals surface area (Å²) >= 11 is 0. The minimum Gasteiger partial charge on any atom is -0.395 e. The molecule has 2 aromatic carbocycles. The van der Waals surface area contributed by atoms with Crippen LogP contribution >= 0.6 is 0 Å². The van der Waals surface area contributed by atoms with Gasteiger partial charge in [0.15, 0.2) is 6.29 Å². The first-order valence-electron chi connectivity index (χ1n) is 12.5. The monoisotopic (exact) mass is 483 g/mol. The van der Waals surface area contributed by atoms with Crippen molar-refractivity contribution < 1.29 is 24.5 Å². The van der Waals surface area contributed by atoms with E-state index in [2.05, 4.69) is 22.5 Å². The number of nitrogens with zero attached hydrogens (tertiary/aromatic N) is 1. The molecule has 0 spiro atoms. The third-order valence-electron chi connectivity index (χ3n) is 7.00. The topological polar surface area (TPSA) is 103 Å². The Morgan fingerprint density at radius 3 is 2.63 bits per heavy atom. The number of anilines is 1.